The van der Waals surface area contributed by atoms with E-state index in [0.717, 1.165) is 0 Å². The minimum Gasteiger partial charge on any atom is -0.258 e. The molecule has 1 heterocycles. The van der Waals surface area contributed by atoms with Crippen LogP contribution in [0.2, 0.25) is 0 Å². The second kappa shape index (κ2) is 2.65. The molecule has 1 rings (SSSR count). The van der Waals surface area contributed by atoms with Gasteiger partial charge in [0.25, 0.3) is 0 Å². The van der Waals surface area contributed by atoms with Crippen LogP contribution in [0.15, 0.2) is 18.5 Å². The van der Waals surface area contributed by atoms with Gasteiger partial charge in [0.05, 0.1) is 4.92 Å². The standard InChI is InChI=1S/C7H9N2O2/c1-6-3-4-8(2)5-7(6)9(10)11/h3-5H,1-2H3/q+1. The lowest BCUT2D eigenvalue weighted by Gasteiger charge is -1.92. The SMILES string of the molecule is Cc1cc[n+](C)cc1[N+](=O)[O-]. The molecule has 1 aromatic heterocycles. The highest BCUT2D eigenvalue weighted by molar-refractivity contribution is 5.33. The van der Waals surface area contributed by atoms with Crippen LogP contribution in [-0.2, 0) is 7.05 Å². The van der Waals surface area contributed by atoms with Crippen molar-refractivity contribution in [2.45, 2.75) is 6.92 Å². The summed E-state index contributed by atoms with van der Waals surface area (Å²) >= 11 is 0. The van der Waals surface area contributed by atoms with E-state index >= 15 is 0 Å². The predicted molar refractivity (Wildman–Crippen MR) is 39.0 cm³/mol. The van der Waals surface area contributed by atoms with E-state index in [1.807, 2.05) is 0 Å². The molecule has 1 aromatic rings. The number of nitro groups is 1. The molecule has 0 N–H and O–H groups in total. The molecule has 0 saturated carbocycles. The fraction of sp³-hybridized carbons (Fsp3) is 0.286. The van der Waals surface area contributed by atoms with E-state index in [0.29, 0.717) is 5.56 Å². The van der Waals surface area contributed by atoms with Crippen molar-refractivity contribution in [1.29, 1.82) is 0 Å². The van der Waals surface area contributed by atoms with Crippen LogP contribution in [0.1, 0.15) is 5.56 Å². The number of nitrogens with zero attached hydrogens (tertiary/aromatic N) is 2. The Morgan fingerprint density at radius 2 is 2.27 bits per heavy atom. The molecule has 0 fully saturated rings. The third kappa shape index (κ3) is 1.52. The summed E-state index contributed by atoms with van der Waals surface area (Å²) in [6.45, 7) is 1.72. The maximum absolute atomic E-state index is 10.4. The van der Waals surface area contributed by atoms with Crippen molar-refractivity contribution in [2.75, 3.05) is 0 Å². The monoisotopic (exact) mass is 153 g/mol. The number of pyridine rings is 1. The van der Waals surface area contributed by atoms with Gasteiger partial charge in [-0.15, -0.1) is 0 Å². The van der Waals surface area contributed by atoms with E-state index in [2.05, 4.69) is 0 Å². The van der Waals surface area contributed by atoms with Gasteiger partial charge in [0.15, 0.2) is 6.20 Å². The van der Waals surface area contributed by atoms with Crippen molar-refractivity contribution in [1.82, 2.24) is 0 Å². The van der Waals surface area contributed by atoms with Gasteiger partial charge in [-0.1, -0.05) is 0 Å². The largest absolute Gasteiger partial charge is 0.335 e. The Kier molecular flexibility index (Phi) is 1.85. The zero-order chi connectivity index (χ0) is 8.43. The Morgan fingerprint density at radius 3 is 2.73 bits per heavy atom. The number of aromatic nitrogens is 1. The summed E-state index contributed by atoms with van der Waals surface area (Å²) in [5.74, 6) is 0. The average Bonchev–Trinajstić information content (AvgIpc) is 1.94. The van der Waals surface area contributed by atoms with Gasteiger partial charge in [0.1, 0.15) is 7.05 Å². The van der Waals surface area contributed by atoms with Crippen molar-refractivity contribution in [3.63, 3.8) is 0 Å². The first-order valence-electron chi connectivity index (χ1n) is 3.21. The minimum absolute atomic E-state index is 0.162. The predicted octanol–water partition coefficient (Wildman–Crippen LogP) is 0.728. The lowest BCUT2D eigenvalue weighted by molar-refractivity contribution is -0.674. The summed E-state index contributed by atoms with van der Waals surface area (Å²) in [4.78, 5) is 9.99. The zero-order valence-electron chi connectivity index (χ0n) is 6.44. The molecule has 0 saturated heterocycles. The Morgan fingerprint density at radius 1 is 1.64 bits per heavy atom. The van der Waals surface area contributed by atoms with Crippen LogP contribution in [-0.4, -0.2) is 4.92 Å². The first kappa shape index (κ1) is 7.65. The topological polar surface area (TPSA) is 47.0 Å². The number of hydrogen-bond donors (Lipinski definition) is 0. The van der Waals surface area contributed by atoms with Crippen LogP contribution >= 0.6 is 0 Å². The maximum Gasteiger partial charge on any atom is 0.335 e. The molecule has 0 radical (unpaired) electrons. The fourth-order valence-corrected chi connectivity index (χ4v) is 0.844. The summed E-state index contributed by atoms with van der Waals surface area (Å²) < 4.78 is 1.66. The van der Waals surface area contributed by atoms with Gasteiger partial charge in [0, 0.05) is 11.6 Å². The summed E-state index contributed by atoms with van der Waals surface area (Å²) in [6, 6.07) is 1.72. The molecule has 0 atom stereocenters. The quantitative estimate of drug-likeness (QED) is 0.339. The molecule has 0 unspecified atom stereocenters. The van der Waals surface area contributed by atoms with Crippen molar-refractivity contribution >= 4 is 5.69 Å². The first-order chi connectivity index (χ1) is 5.11. The Bertz CT molecular complexity index is 296. The van der Waals surface area contributed by atoms with Crippen LogP contribution in [0.4, 0.5) is 5.69 Å². The van der Waals surface area contributed by atoms with Crippen molar-refractivity contribution < 1.29 is 9.49 Å². The molecule has 0 aliphatic heterocycles. The van der Waals surface area contributed by atoms with Crippen molar-refractivity contribution in [2.24, 2.45) is 7.05 Å². The van der Waals surface area contributed by atoms with Gasteiger partial charge in [-0.05, 0) is 6.92 Å². The molecule has 4 heteroatoms. The zero-order valence-corrected chi connectivity index (χ0v) is 6.44. The first-order valence-corrected chi connectivity index (χ1v) is 3.21. The molecule has 0 aromatic carbocycles. The smallest absolute Gasteiger partial charge is 0.258 e. The summed E-state index contributed by atoms with van der Waals surface area (Å²) in [6.07, 6.45) is 3.28. The van der Waals surface area contributed by atoms with E-state index in [-0.39, 0.29) is 10.6 Å². The minimum atomic E-state index is -0.380. The Hall–Kier alpha value is -1.45. The Labute approximate surface area is 64.2 Å². The fourth-order valence-electron chi connectivity index (χ4n) is 0.844. The van der Waals surface area contributed by atoms with Crippen LogP contribution in [0, 0.1) is 17.0 Å². The molecule has 0 aliphatic rings. The molecule has 0 bridgehead atoms. The molecule has 0 spiro atoms. The number of hydrogen-bond acceptors (Lipinski definition) is 2. The molecule has 58 valence electrons. The van der Waals surface area contributed by atoms with E-state index in [4.69, 9.17) is 0 Å². The van der Waals surface area contributed by atoms with E-state index < -0.39 is 0 Å². The van der Waals surface area contributed by atoms with Gasteiger partial charge in [-0.3, -0.25) is 10.1 Å². The molecule has 0 aliphatic carbocycles. The van der Waals surface area contributed by atoms with E-state index in [1.54, 1.807) is 30.8 Å². The third-order valence-electron chi connectivity index (χ3n) is 1.49. The molecule has 4 nitrogen and oxygen atoms in total. The molecular weight excluding hydrogens is 144 g/mol. The number of aryl methyl sites for hydroxylation is 2. The maximum atomic E-state index is 10.4. The highest BCUT2D eigenvalue weighted by atomic mass is 16.6. The van der Waals surface area contributed by atoms with Gasteiger partial charge in [0.2, 0.25) is 6.20 Å². The Balaban J connectivity index is 3.23. The van der Waals surface area contributed by atoms with Crippen LogP contribution in [0.5, 0.6) is 0 Å². The lowest BCUT2D eigenvalue weighted by atomic mass is 10.2. The van der Waals surface area contributed by atoms with Crippen LogP contribution < -0.4 is 4.57 Å². The molecule has 0 amide bonds. The summed E-state index contributed by atoms with van der Waals surface area (Å²) in [5, 5.41) is 10.4. The van der Waals surface area contributed by atoms with E-state index in [9.17, 15) is 10.1 Å². The highest BCUT2D eigenvalue weighted by Gasteiger charge is 2.13. The van der Waals surface area contributed by atoms with Crippen LogP contribution in [0.3, 0.4) is 0 Å². The third-order valence-corrected chi connectivity index (χ3v) is 1.49. The van der Waals surface area contributed by atoms with Crippen molar-refractivity contribution in [3.8, 4) is 0 Å². The summed E-state index contributed by atoms with van der Waals surface area (Å²) in [5.41, 5.74) is 0.850. The van der Waals surface area contributed by atoms with Crippen LogP contribution in [0.25, 0.3) is 0 Å². The average molecular weight is 153 g/mol. The molecular formula is C7H9N2O2+. The normalized spacial score (nSPS) is 9.64. The highest BCUT2D eigenvalue weighted by Crippen LogP contribution is 2.12. The van der Waals surface area contributed by atoms with Gasteiger partial charge < -0.3 is 0 Å². The number of rotatable bonds is 1. The molecule has 11 heavy (non-hydrogen) atoms. The van der Waals surface area contributed by atoms with Gasteiger partial charge >= 0.3 is 5.69 Å². The lowest BCUT2D eigenvalue weighted by Crippen LogP contribution is -2.27. The van der Waals surface area contributed by atoms with E-state index in [1.165, 1.54) is 6.20 Å². The second-order valence-corrected chi connectivity index (χ2v) is 2.44. The van der Waals surface area contributed by atoms with Crippen molar-refractivity contribution in [3.05, 3.63) is 34.1 Å². The second-order valence-electron chi connectivity index (χ2n) is 2.44. The summed E-state index contributed by atoms with van der Waals surface area (Å²) in [7, 11) is 1.76. The van der Waals surface area contributed by atoms with Gasteiger partial charge in [-0.25, -0.2) is 4.57 Å². The van der Waals surface area contributed by atoms with Gasteiger partial charge in [-0.2, -0.15) is 0 Å².